The molecule has 0 aliphatic carbocycles. The first-order valence-corrected chi connectivity index (χ1v) is 7.47. The summed E-state index contributed by atoms with van der Waals surface area (Å²) in [4.78, 5) is 7.50. The van der Waals surface area contributed by atoms with E-state index in [1.54, 1.807) is 6.20 Å². The summed E-state index contributed by atoms with van der Waals surface area (Å²) in [5.41, 5.74) is 2.55. The lowest BCUT2D eigenvalue weighted by molar-refractivity contribution is 0.520. The Morgan fingerprint density at radius 2 is 2.26 bits per heavy atom. The quantitative estimate of drug-likeness (QED) is 0.850. The van der Waals surface area contributed by atoms with Gasteiger partial charge in [-0.1, -0.05) is 35.0 Å². The maximum absolute atomic E-state index is 4.32. The Bertz CT molecular complexity index is 508. The van der Waals surface area contributed by atoms with Crippen LogP contribution in [0.2, 0.25) is 0 Å². The van der Waals surface area contributed by atoms with E-state index in [1.165, 1.54) is 11.1 Å². The van der Waals surface area contributed by atoms with Crippen LogP contribution in [0.1, 0.15) is 36.3 Å². The van der Waals surface area contributed by atoms with E-state index in [4.69, 9.17) is 0 Å². The molecule has 0 aliphatic heterocycles. The van der Waals surface area contributed by atoms with Crippen LogP contribution < -0.4 is 5.32 Å². The maximum Gasteiger partial charge on any atom is 0.107 e. The average molecular weight is 322 g/mol. The summed E-state index contributed by atoms with van der Waals surface area (Å²) >= 11 is 3.61. The topological polar surface area (TPSA) is 40.7 Å². The highest BCUT2D eigenvalue weighted by atomic mass is 79.9. The largest absolute Gasteiger partial charge is 0.349 e. The van der Waals surface area contributed by atoms with Crippen LogP contribution in [0.25, 0.3) is 0 Å². The number of benzene rings is 1. The number of aryl methyl sites for hydroxylation is 1. The second-order valence-electron chi connectivity index (χ2n) is 4.76. The molecule has 0 aliphatic rings. The number of H-pyrrole nitrogens is 1. The fourth-order valence-corrected chi connectivity index (χ4v) is 2.45. The van der Waals surface area contributed by atoms with Crippen LogP contribution in [-0.4, -0.2) is 16.5 Å². The van der Waals surface area contributed by atoms with Gasteiger partial charge in [-0.2, -0.15) is 0 Å². The minimum atomic E-state index is 0.294. The second kappa shape index (κ2) is 6.87. The molecule has 2 aromatic rings. The zero-order chi connectivity index (χ0) is 13.7. The van der Waals surface area contributed by atoms with E-state index in [2.05, 4.69) is 63.3 Å². The molecule has 1 heterocycles. The highest BCUT2D eigenvalue weighted by Gasteiger charge is 2.13. The number of nitrogens with zero attached hydrogens (tertiary/aromatic N) is 1. The molecule has 3 nitrogen and oxygen atoms in total. The lowest BCUT2D eigenvalue weighted by Gasteiger charge is -2.19. The van der Waals surface area contributed by atoms with Gasteiger partial charge in [0.2, 0.25) is 0 Å². The Labute approximate surface area is 123 Å². The van der Waals surface area contributed by atoms with Crippen LogP contribution in [0.5, 0.6) is 0 Å². The van der Waals surface area contributed by atoms with E-state index in [0.29, 0.717) is 6.04 Å². The van der Waals surface area contributed by atoms with E-state index in [-0.39, 0.29) is 0 Å². The van der Waals surface area contributed by atoms with E-state index < -0.39 is 0 Å². The van der Waals surface area contributed by atoms with Crippen LogP contribution in [-0.2, 0) is 6.42 Å². The number of nitrogens with one attached hydrogen (secondary N) is 2. The number of aromatic amines is 1. The fraction of sp³-hybridized carbons (Fsp3) is 0.400. The summed E-state index contributed by atoms with van der Waals surface area (Å²) < 4.78 is 1.16. The van der Waals surface area contributed by atoms with Gasteiger partial charge in [0.15, 0.2) is 0 Å². The molecular formula is C15H20BrN3. The van der Waals surface area contributed by atoms with Gasteiger partial charge in [0.25, 0.3) is 0 Å². The summed E-state index contributed by atoms with van der Waals surface area (Å²) in [6.45, 7) is 5.30. The van der Waals surface area contributed by atoms with Gasteiger partial charge in [-0.05, 0) is 37.1 Å². The van der Waals surface area contributed by atoms with Crippen molar-refractivity contribution in [3.63, 3.8) is 0 Å². The Morgan fingerprint density at radius 1 is 1.42 bits per heavy atom. The molecule has 0 saturated heterocycles. The molecule has 1 aromatic carbocycles. The van der Waals surface area contributed by atoms with Crippen molar-refractivity contribution in [3.8, 4) is 0 Å². The Hall–Kier alpha value is -1.13. The molecule has 0 spiro atoms. The Morgan fingerprint density at radius 3 is 2.89 bits per heavy atom. The van der Waals surface area contributed by atoms with Crippen LogP contribution in [0.3, 0.4) is 0 Å². The first-order chi connectivity index (χ1) is 9.20. The third-order valence-corrected chi connectivity index (χ3v) is 4.05. The second-order valence-corrected chi connectivity index (χ2v) is 5.61. The molecule has 2 rings (SSSR count). The zero-order valence-corrected chi connectivity index (χ0v) is 13.0. The van der Waals surface area contributed by atoms with Crippen LogP contribution >= 0.6 is 15.9 Å². The zero-order valence-electron chi connectivity index (χ0n) is 11.4. The van der Waals surface area contributed by atoms with Gasteiger partial charge < -0.3 is 10.3 Å². The predicted octanol–water partition coefficient (Wildman–Crippen LogP) is 3.76. The molecule has 0 radical (unpaired) electrons. The number of imidazole rings is 1. The van der Waals surface area contributed by atoms with Crippen molar-refractivity contribution in [1.82, 2.24) is 15.3 Å². The van der Waals surface area contributed by atoms with Crippen molar-refractivity contribution >= 4 is 15.9 Å². The molecule has 2 N–H and O–H groups in total. The van der Waals surface area contributed by atoms with Gasteiger partial charge in [-0.3, -0.25) is 0 Å². The van der Waals surface area contributed by atoms with Crippen molar-refractivity contribution in [1.29, 1.82) is 0 Å². The first kappa shape index (κ1) is 14.3. The molecule has 19 heavy (non-hydrogen) atoms. The van der Waals surface area contributed by atoms with Crippen molar-refractivity contribution in [2.45, 2.75) is 32.7 Å². The average Bonchev–Trinajstić information content (AvgIpc) is 2.91. The first-order valence-electron chi connectivity index (χ1n) is 6.68. The highest BCUT2D eigenvalue weighted by Crippen LogP contribution is 2.23. The minimum Gasteiger partial charge on any atom is -0.349 e. The number of rotatable bonds is 6. The molecule has 0 saturated carbocycles. The minimum absolute atomic E-state index is 0.294. The molecule has 0 bridgehead atoms. The van der Waals surface area contributed by atoms with Gasteiger partial charge in [0.05, 0.1) is 0 Å². The lowest BCUT2D eigenvalue weighted by atomic mass is 10.0. The summed E-state index contributed by atoms with van der Waals surface area (Å²) in [5, 5.41) is 3.59. The molecular weight excluding hydrogens is 302 g/mol. The summed E-state index contributed by atoms with van der Waals surface area (Å²) in [7, 11) is 0. The summed E-state index contributed by atoms with van der Waals surface area (Å²) in [5.74, 6) is 1.02. The molecule has 102 valence electrons. The van der Waals surface area contributed by atoms with Crippen LogP contribution in [0.15, 0.2) is 35.1 Å². The normalized spacial score (nSPS) is 12.6. The van der Waals surface area contributed by atoms with Crippen LogP contribution in [0.4, 0.5) is 0 Å². The van der Waals surface area contributed by atoms with E-state index in [0.717, 1.165) is 29.7 Å². The summed E-state index contributed by atoms with van der Waals surface area (Å²) in [6.07, 6.45) is 5.68. The number of aromatic nitrogens is 2. The fourth-order valence-electron chi connectivity index (χ4n) is 2.06. The Balaban J connectivity index is 2.18. The van der Waals surface area contributed by atoms with E-state index >= 15 is 0 Å². The van der Waals surface area contributed by atoms with Crippen molar-refractivity contribution in [2.24, 2.45) is 0 Å². The van der Waals surface area contributed by atoms with Crippen molar-refractivity contribution in [2.75, 3.05) is 6.54 Å². The summed E-state index contributed by atoms with van der Waals surface area (Å²) in [6, 6.07) is 6.84. The molecule has 4 heteroatoms. The van der Waals surface area contributed by atoms with E-state index in [9.17, 15) is 0 Å². The molecule has 1 atom stereocenters. The molecule has 1 unspecified atom stereocenters. The maximum atomic E-state index is 4.32. The van der Waals surface area contributed by atoms with Gasteiger partial charge >= 0.3 is 0 Å². The smallest absolute Gasteiger partial charge is 0.107 e. The van der Waals surface area contributed by atoms with Gasteiger partial charge in [-0.15, -0.1) is 0 Å². The monoisotopic (exact) mass is 321 g/mol. The lowest BCUT2D eigenvalue weighted by Crippen LogP contribution is -2.24. The van der Waals surface area contributed by atoms with Gasteiger partial charge in [-0.25, -0.2) is 4.98 Å². The van der Waals surface area contributed by atoms with Crippen molar-refractivity contribution in [3.05, 3.63) is 52.0 Å². The molecule has 1 aromatic heterocycles. The Kier molecular flexibility index (Phi) is 5.16. The number of hydrogen-bond acceptors (Lipinski definition) is 2. The highest BCUT2D eigenvalue weighted by molar-refractivity contribution is 9.10. The van der Waals surface area contributed by atoms with Crippen molar-refractivity contribution < 1.29 is 0 Å². The molecule has 0 amide bonds. The van der Waals surface area contributed by atoms with E-state index in [1.807, 2.05) is 6.20 Å². The number of hydrogen-bond donors (Lipinski definition) is 2. The molecule has 0 fully saturated rings. The van der Waals surface area contributed by atoms with Crippen LogP contribution in [0, 0.1) is 6.92 Å². The number of halogens is 1. The standard InChI is InChI=1S/C15H20BrN3/c1-3-6-17-14(10-15-18-7-8-19-15)12-5-4-11(2)13(16)9-12/h4-5,7-9,14,17H,3,6,10H2,1-2H3,(H,18,19). The van der Waals surface area contributed by atoms with Gasteiger partial charge in [0, 0.05) is 29.3 Å². The third-order valence-electron chi connectivity index (χ3n) is 3.19. The third kappa shape index (κ3) is 3.91. The van der Waals surface area contributed by atoms with Gasteiger partial charge in [0.1, 0.15) is 5.82 Å². The predicted molar refractivity (Wildman–Crippen MR) is 82.2 cm³/mol. The SMILES string of the molecule is CCCNC(Cc1ncc[nH]1)c1ccc(C)c(Br)c1.